The topological polar surface area (TPSA) is 103 Å². The fourth-order valence-electron chi connectivity index (χ4n) is 3.34. The third-order valence-corrected chi connectivity index (χ3v) is 4.67. The molecule has 1 aromatic carbocycles. The first-order chi connectivity index (χ1) is 12.3. The summed E-state index contributed by atoms with van der Waals surface area (Å²) in [7, 11) is 0. The molecule has 0 atom stereocenters. The standard InChI is InChI=1S/C19H25N5O2/c1-4-5-8-21-14-9-12(6-7-13(14)18(20)26)24-15-10-19(2,3)11-16(25)17(15)22-23-24/h6-7,9,21H,4-5,8,10-11H2,1-3H3,(H2,20,26). The fraction of sp³-hybridized carbons (Fsp3) is 0.474. The van der Waals surface area contributed by atoms with Gasteiger partial charge in [-0.1, -0.05) is 32.4 Å². The minimum absolute atomic E-state index is 0.0255. The first-order valence-electron chi connectivity index (χ1n) is 8.98. The smallest absolute Gasteiger partial charge is 0.250 e. The van der Waals surface area contributed by atoms with Crippen molar-refractivity contribution in [1.82, 2.24) is 15.0 Å². The van der Waals surface area contributed by atoms with Gasteiger partial charge in [0.15, 0.2) is 11.5 Å². The number of hydrogen-bond acceptors (Lipinski definition) is 5. The summed E-state index contributed by atoms with van der Waals surface area (Å²) in [5.41, 5.74) is 8.51. The molecule has 26 heavy (non-hydrogen) atoms. The Hall–Kier alpha value is -2.70. The predicted octanol–water partition coefficient (Wildman–Crippen LogP) is 2.73. The van der Waals surface area contributed by atoms with Crippen LogP contribution in [0.2, 0.25) is 0 Å². The van der Waals surface area contributed by atoms with E-state index >= 15 is 0 Å². The number of unbranched alkanes of at least 4 members (excludes halogenated alkanes) is 1. The molecule has 0 radical (unpaired) electrons. The van der Waals surface area contributed by atoms with Crippen LogP contribution < -0.4 is 11.1 Å². The summed E-state index contributed by atoms with van der Waals surface area (Å²) in [6, 6.07) is 5.32. The van der Waals surface area contributed by atoms with E-state index in [0.717, 1.165) is 37.2 Å². The summed E-state index contributed by atoms with van der Waals surface area (Å²) in [6.07, 6.45) is 3.23. The molecule has 3 rings (SSSR count). The van der Waals surface area contributed by atoms with Crippen LogP contribution >= 0.6 is 0 Å². The van der Waals surface area contributed by atoms with Gasteiger partial charge in [0, 0.05) is 18.7 Å². The van der Waals surface area contributed by atoms with E-state index < -0.39 is 5.91 Å². The number of carbonyl (C=O) groups is 2. The van der Waals surface area contributed by atoms with Gasteiger partial charge < -0.3 is 11.1 Å². The van der Waals surface area contributed by atoms with Gasteiger partial charge in [0.25, 0.3) is 5.91 Å². The molecule has 1 aliphatic rings. The van der Waals surface area contributed by atoms with Gasteiger partial charge in [-0.05, 0) is 36.5 Å². The van der Waals surface area contributed by atoms with Crippen molar-refractivity contribution in [2.24, 2.45) is 11.1 Å². The van der Waals surface area contributed by atoms with E-state index in [2.05, 4.69) is 36.4 Å². The molecule has 0 spiro atoms. The number of ketones is 1. The monoisotopic (exact) mass is 355 g/mol. The zero-order chi connectivity index (χ0) is 18.9. The van der Waals surface area contributed by atoms with E-state index in [4.69, 9.17) is 5.73 Å². The molecule has 1 aromatic heterocycles. The molecule has 3 N–H and O–H groups in total. The Kier molecular flexibility index (Phi) is 4.80. The van der Waals surface area contributed by atoms with Gasteiger partial charge in [0.2, 0.25) is 0 Å². The summed E-state index contributed by atoms with van der Waals surface area (Å²) in [5.74, 6) is -0.454. The zero-order valence-corrected chi connectivity index (χ0v) is 15.5. The van der Waals surface area contributed by atoms with Crippen LogP contribution in [0.1, 0.15) is 66.6 Å². The Morgan fingerprint density at radius 3 is 2.81 bits per heavy atom. The first kappa shape index (κ1) is 18.1. The van der Waals surface area contributed by atoms with E-state index in [1.165, 1.54) is 0 Å². The number of benzene rings is 1. The van der Waals surface area contributed by atoms with Crippen molar-refractivity contribution in [3.63, 3.8) is 0 Å². The number of fused-ring (bicyclic) bond motifs is 1. The van der Waals surface area contributed by atoms with E-state index in [-0.39, 0.29) is 11.2 Å². The molecule has 7 heteroatoms. The predicted molar refractivity (Wildman–Crippen MR) is 99.7 cm³/mol. The molecule has 0 bridgehead atoms. The van der Waals surface area contributed by atoms with E-state index in [1.54, 1.807) is 16.8 Å². The molecule has 1 aliphatic carbocycles. The highest BCUT2D eigenvalue weighted by Gasteiger charge is 2.35. The fourth-order valence-corrected chi connectivity index (χ4v) is 3.34. The van der Waals surface area contributed by atoms with Gasteiger partial charge in [-0.2, -0.15) is 0 Å². The van der Waals surface area contributed by atoms with Gasteiger partial charge in [-0.3, -0.25) is 9.59 Å². The van der Waals surface area contributed by atoms with Crippen LogP contribution in [0.3, 0.4) is 0 Å². The van der Waals surface area contributed by atoms with Crippen LogP contribution in [-0.2, 0) is 6.42 Å². The van der Waals surface area contributed by atoms with Crippen LogP contribution in [0.25, 0.3) is 5.69 Å². The Labute approximate surface area is 153 Å². The number of aromatic nitrogens is 3. The van der Waals surface area contributed by atoms with Crippen molar-refractivity contribution in [2.45, 2.75) is 46.5 Å². The number of hydrogen-bond donors (Lipinski definition) is 2. The number of Topliss-reactive ketones (excluding diaryl/α,β-unsaturated/α-hetero) is 1. The summed E-state index contributed by atoms with van der Waals surface area (Å²) in [5, 5.41) is 11.6. The number of nitrogens with two attached hydrogens (primary N) is 1. The molecule has 1 amide bonds. The highest BCUT2D eigenvalue weighted by atomic mass is 16.1. The highest BCUT2D eigenvalue weighted by Crippen LogP contribution is 2.35. The van der Waals surface area contributed by atoms with Crippen molar-refractivity contribution in [3.8, 4) is 5.69 Å². The molecule has 0 saturated carbocycles. The lowest BCUT2D eigenvalue weighted by Gasteiger charge is -2.28. The summed E-state index contributed by atoms with van der Waals surface area (Å²) in [4.78, 5) is 24.1. The molecule has 0 fully saturated rings. The minimum atomic E-state index is -0.479. The highest BCUT2D eigenvalue weighted by molar-refractivity contribution is 5.99. The summed E-state index contributed by atoms with van der Waals surface area (Å²) < 4.78 is 1.70. The van der Waals surface area contributed by atoms with Crippen LogP contribution in [0.4, 0.5) is 5.69 Å². The van der Waals surface area contributed by atoms with Crippen molar-refractivity contribution in [3.05, 3.63) is 35.2 Å². The van der Waals surface area contributed by atoms with Crippen LogP contribution in [0.15, 0.2) is 18.2 Å². The van der Waals surface area contributed by atoms with Gasteiger partial charge in [0.05, 0.1) is 16.9 Å². The maximum Gasteiger partial charge on any atom is 0.250 e. The number of amides is 1. The summed E-state index contributed by atoms with van der Waals surface area (Å²) in [6.45, 7) is 6.99. The number of carbonyl (C=O) groups excluding carboxylic acids is 2. The third-order valence-electron chi connectivity index (χ3n) is 4.67. The molecule has 0 unspecified atom stereocenters. The number of nitrogens with one attached hydrogen (secondary N) is 1. The molecule has 7 nitrogen and oxygen atoms in total. The Balaban J connectivity index is 2.02. The van der Waals surface area contributed by atoms with Crippen molar-refractivity contribution in [1.29, 1.82) is 0 Å². The van der Waals surface area contributed by atoms with Crippen molar-refractivity contribution >= 4 is 17.4 Å². The lowest BCUT2D eigenvalue weighted by atomic mass is 9.77. The molecular weight excluding hydrogens is 330 g/mol. The molecule has 1 heterocycles. The Morgan fingerprint density at radius 1 is 1.35 bits per heavy atom. The molecule has 0 saturated heterocycles. The number of nitrogens with zero attached hydrogens (tertiary/aromatic N) is 3. The minimum Gasteiger partial charge on any atom is -0.384 e. The SMILES string of the molecule is CCCCNc1cc(-n2nnc3c2CC(C)(C)CC3=O)ccc1C(N)=O. The maximum absolute atomic E-state index is 12.3. The lowest BCUT2D eigenvalue weighted by molar-refractivity contribution is 0.0905. The maximum atomic E-state index is 12.3. The van der Waals surface area contributed by atoms with Gasteiger partial charge >= 0.3 is 0 Å². The van der Waals surface area contributed by atoms with E-state index in [9.17, 15) is 9.59 Å². The normalized spacial score (nSPS) is 15.6. The zero-order valence-electron chi connectivity index (χ0n) is 15.5. The first-order valence-corrected chi connectivity index (χ1v) is 8.98. The van der Waals surface area contributed by atoms with Crippen molar-refractivity contribution in [2.75, 3.05) is 11.9 Å². The van der Waals surface area contributed by atoms with Gasteiger partial charge in [-0.25, -0.2) is 4.68 Å². The van der Waals surface area contributed by atoms with Crippen LogP contribution in [0, 0.1) is 5.41 Å². The molecule has 0 aliphatic heterocycles. The van der Waals surface area contributed by atoms with Gasteiger partial charge in [-0.15, -0.1) is 5.10 Å². The molecule has 2 aromatic rings. The van der Waals surface area contributed by atoms with Crippen molar-refractivity contribution < 1.29 is 9.59 Å². The lowest BCUT2D eigenvalue weighted by Crippen LogP contribution is -2.28. The number of anilines is 1. The summed E-state index contributed by atoms with van der Waals surface area (Å²) >= 11 is 0. The van der Waals surface area contributed by atoms with E-state index in [1.807, 2.05) is 6.07 Å². The average Bonchev–Trinajstić information content (AvgIpc) is 2.97. The number of rotatable bonds is 6. The Bertz CT molecular complexity index is 854. The second-order valence-corrected chi connectivity index (χ2v) is 7.61. The van der Waals surface area contributed by atoms with Crippen LogP contribution in [0.5, 0.6) is 0 Å². The van der Waals surface area contributed by atoms with E-state index in [0.29, 0.717) is 23.4 Å². The second kappa shape index (κ2) is 6.90. The van der Waals surface area contributed by atoms with Gasteiger partial charge in [0.1, 0.15) is 0 Å². The third kappa shape index (κ3) is 3.47. The largest absolute Gasteiger partial charge is 0.384 e. The quantitative estimate of drug-likeness (QED) is 0.776. The average molecular weight is 355 g/mol. The molecular formula is C19H25N5O2. The molecule has 138 valence electrons. The number of primary amides is 1. The van der Waals surface area contributed by atoms with Crippen LogP contribution in [-0.4, -0.2) is 33.2 Å². The second-order valence-electron chi connectivity index (χ2n) is 7.61. The Morgan fingerprint density at radius 2 is 2.12 bits per heavy atom.